The maximum atomic E-state index is 13.3. The Bertz CT molecular complexity index is 905. The fourth-order valence-corrected chi connectivity index (χ4v) is 8.30. The van der Waals surface area contributed by atoms with Gasteiger partial charge in [0.1, 0.15) is 12.3 Å². The highest BCUT2D eigenvalue weighted by Gasteiger charge is 2.24. The van der Waals surface area contributed by atoms with Crippen molar-refractivity contribution < 1.29 is 28.7 Å². The van der Waals surface area contributed by atoms with Gasteiger partial charge in [-0.3, -0.25) is 19.2 Å². The van der Waals surface area contributed by atoms with E-state index in [9.17, 15) is 19.2 Å². The quantitative estimate of drug-likeness (QED) is 0.115. The van der Waals surface area contributed by atoms with Crippen molar-refractivity contribution in [1.29, 1.82) is 0 Å². The summed E-state index contributed by atoms with van der Waals surface area (Å²) < 4.78 is 11.2. The highest BCUT2D eigenvalue weighted by atomic mass is 16.5. The van der Waals surface area contributed by atoms with E-state index in [2.05, 4.69) is 0 Å². The van der Waals surface area contributed by atoms with Gasteiger partial charge in [-0.15, -0.1) is 0 Å². The van der Waals surface area contributed by atoms with E-state index in [1.807, 2.05) is 0 Å². The number of ketones is 1. The molecule has 1 amide bonds. The minimum Gasteiger partial charge on any atom is -0.465 e. The first-order valence-corrected chi connectivity index (χ1v) is 23.1. The molecule has 0 N–H and O–H groups in total. The van der Waals surface area contributed by atoms with Gasteiger partial charge in [0, 0.05) is 25.8 Å². The van der Waals surface area contributed by atoms with Gasteiger partial charge in [-0.25, -0.2) is 0 Å². The third-order valence-corrected chi connectivity index (χ3v) is 11.8. The van der Waals surface area contributed by atoms with Crippen LogP contribution in [-0.2, 0) is 28.7 Å². The Morgan fingerprint density at radius 3 is 1.17 bits per heavy atom. The molecule has 2 fully saturated rings. The molecule has 7 nitrogen and oxygen atoms in total. The highest BCUT2D eigenvalue weighted by molar-refractivity contribution is 5.83. The van der Waals surface area contributed by atoms with Crippen LogP contribution in [0.15, 0.2) is 0 Å². The number of nitrogens with zero attached hydrogens (tertiary/aromatic N) is 1. The van der Waals surface area contributed by atoms with Gasteiger partial charge in [-0.2, -0.15) is 0 Å². The van der Waals surface area contributed by atoms with Crippen LogP contribution in [0.3, 0.4) is 0 Å². The molecule has 0 heterocycles. The average molecular weight is 746 g/mol. The zero-order chi connectivity index (χ0) is 38.0. The number of rotatable bonds is 16. The van der Waals surface area contributed by atoms with E-state index in [1.165, 1.54) is 128 Å². The molecule has 2 aliphatic rings. The third kappa shape index (κ3) is 26.5. The lowest BCUT2D eigenvalue weighted by Crippen LogP contribution is -2.37. The van der Waals surface area contributed by atoms with Gasteiger partial charge >= 0.3 is 11.9 Å². The number of esters is 2. The number of ether oxygens (including phenoxy) is 2. The molecular weight excluding hydrogens is 663 g/mol. The molecule has 308 valence electrons. The first kappa shape index (κ1) is 47.2. The predicted molar refractivity (Wildman–Crippen MR) is 218 cm³/mol. The Balaban J connectivity index is 1.50. The first-order valence-electron chi connectivity index (χ1n) is 23.1. The van der Waals surface area contributed by atoms with E-state index in [-0.39, 0.29) is 42.0 Å². The van der Waals surface area contributed by atoms with E-state index in [1.54, 1.807) is 11.9 Å². The number of hydrogen-bond donors (Lipinski definition) is 0. The lowest BCUT2D eigenvalue weighted by molar-refractivity contribution is -0.150. The molecule has 0 atom stereocenters. The van der Waals surface area contributed by atoms with Crippen LogP contribution < -0.4 is 0 Å². The second-order valence-corrected chi connectivity index (χ2v) is 16.8. The number of likely N-dealkylation sites (N-methyl/N-ethyl adjacent to an activating group) is 1. The van der Waals surface area contributed by atoms with Gasteiger partial charge in [-0.1, -0.05) is 154 Å². The Labute approximate surface area is 326 Å². The van der Waals surface area contributed by atoms with E-state index in [0.29, 0.717) is 26.1 Å². The molecule has 0 aromatic heterocycles. The SMILES string of the molecule is CN(CC(=O)OCCCCCC(=O)CCCCCOC(=O)C1CCCCCCCCCCCCCC1)C(=O)C1CCCCCCCCCCCCCC1. The summed E-state index contributed by atoms with van der Waals surface area (Å²) in [6.45, 7) is 0.804. The second kappa shape index (κ2) is 33.4. The lowest BCUT2D eigenvalue weighted by Gasteiger charge is -2.23. The third-order valence-electron chi connectivity index (χ3n) is 11.8. The largest absolute Gasteiger partial charge is 0.465 e. The van der Waals surface area contributed by atoms with E-state index >= 15 is 0 Å². The minimum atomic E-state index is -0.345. The van der Waals surface area contributed by atoms with Crippen molar-refractivity contribution >= 4 is 23.6 Å². The zero-order valence-electron chi connectivity index (χ0n) is 34.6. The smallest absolute Gasteiger partial charge is 0.325 e. The van der Waals surface area contributed by atoms with Crippen LogP contribution in [0.5, 0.6) is 0 Å². The Morgan fingerprint density at radius 2 is 0.774 bits per heavy atom. The van der Waals surface area contributed by atoms with Crippen LogP contribution in [0, 0.1) is 11.8 Å². The first-order chi connectivity index (χ1) is 26.0. The van der Waals surface area contributed by atoms with Gasteiger partial charge in [-0.05, 0) is 64.2 Å². The van der Waals surface area contributed by atoms with Crippen molar-refractivity contribution in [1.82, 2.24) is 4.90 Å². The summed E-state index contributed by atoms with van der Waals surface area (Å²) >= 11 is 0. The molecule has 0 aromatic rings. The monoisotopic (exact) mass is 746 g/mol. The van der Waals surface area contributed by atoms with Crippen LogP contribution in [-0.4, -0.2) is 55.3 Å². The van der Waals surface area contributed by atoms with E-state index in [4.69, 9.17) is 9.47 Å². The topological polar surface area (TPSA) is 90.0 Å². The van der Waals surface area contributed by atoms with Crippen LogP contribution in [0.25, 0.3) is 0 Å². The molecule has 2 saturated carbocycles. The van der Waals surface area contributed by atoms with E-state index < -0.39 is 0 Å². The molecule has 0 aromatic carbocycles. The number of carbonyl (C=O) groups is 4. The van der Waals surface area contributed by atoms with E-state index in [0.717, 1.165) is 89.9 Å². The van der Waals surface area contributed by atoms with Crippen molar-refractivity contribution in [3.05, 3.63) is 0 Å². The molecule has 0 spiro atoms. The number of amides is 1. The van der Waals surface area contributed by atoms with Crippen molar-refractivity contribution in [2.24, 2.45) is 11.8 Å². The van der Waals surface area contributed by atoms with Gasteiger partial charge in [0.05, 0.1) is 19.1 Å². The molecule has 2 aliphatic carbocycles. The molecule has 53 heavy (non-hydrogen) atoms. The number of carbonyl (C=O) groups excluding carboxylic acids is 4. The normalized spacial score (nSPS) is 19.4. The standard InChI is InChI=1S/C46H83NO6/c1-47(45(50)41-32-24-18-14-10-6-2-3-7-11-15-19-25-33-41)40-44(49)52-38-30-22-28-36-43(48)37-29-23-31-39-53-46(51)42-34-26-20-16-12-8-4-5-9-13-17-21-27-35-42/h41-42H,2-40H2,1H3. The molecule has 0 unspecified atom stereocenters. The molecular formula is C46H83NO6. The molecule has 0 saturated heterocycles. The Kier molecular flexibility index (Phi) is 29.8. The molecule has 0 bridgehead atoms. The summed E-state index contributed by atoms with van der Waals surface area (Å²) in [5.41, 5.74) is 0. The van der Waals surface area contributed by atoms with Crippen molar-refractivity contribution in [2.45, 2.75) is 231 Å². The van der Waals surface area contributed by atoms with Crippen molar-refractivity contribution in [3.8, 4) is 0 Å². The number of hydrogen-bond acceptors (Lipinski definition) is 6. The Morgan fingerprint density at radius 1 is 0.434 bits per heavy atom. The Hall–Kier alpha value is -1.92. The number of Topliss-reactive ketones (excluding diaryl/α,β-unsaturated/α-hetero) is 1. The van der Waals surface area contributed by atoms with Gasteiger partial charge < -0.3 is 14.4 Å². The maximum absolute atomic E-state index is 13.3. The van der Waals surface area contributed by atoms with Crippen molar-refractivity contribution in [3.63, 3.8) is 0 Å². The van der Waals surface area contributed by atoms with Crippen molar-refractivity contribution in [2.75, 3.05) is 26.8 Å². The summed E-state index contributed by atoms with van der Waals surface area (Å²) in [5, 5.41) is 0. The summed E-state index contributed by atoms with van der Waals surface area (Å²) in [5.74, 6) is 0.0907. The van der Waals surface area contributed by atoms with Crippen LogP contribution in [0.4, 0.5) is 0 Å². The van der Waals surface area contributed by atoms with Crippen LogP contribution in [0.1, 0.15) is 231 Å². The van der Waals surface area contributed by atoms with Crippen LogP contribution in [0.2, 0.25) is 0 Å². The molecule has 2 rings (SSSR count). The fraction of sp³-hybridized carbons (Fsp3) is 0.913. The summed E-state index contributed by atoms with van der Waals surface area (Å²) in [7, 11) is 1.74. The fourth-order valence-electron chi connectivity index (χ4n) is 8.30. The number of unbranched alkanes of at least 4 members (excludes halogenated alkanes) is 4. The predicted octanol–water partition coefficient (Wildman–Crippen LogP) is 12.4. The lowest BCUT2D eigenvalue weighted by atomic mass is 9.93. The molecule has 0 radical (unpaired) electrons. The average Bonchev–Trinajstić information content (AvgIpc) is 3.17. The second-order valence-electron chi connectivity index (χ2n) is 16.8. The van der Waals surface area contributed by atoms with Gasteiger partial charge in [0.15, 0.2) is 0 Å². The molecule has 7 heteroatoms. The van der Waals surface area contributed by atoms with Gasteiger partial charge in [0.2, 0.25) is 5.91 Å². The summed E-state index contributed by atoms with van der Waals surface area (Å²) in [6, 6.07) is 0. The maximum Gasteiger partial charge on any atom is 0.325 e. The summed E-state index contributed by atoms with van der Waals surface area (Å²) in [6.07, 6.45) is 40.4. The minimum absolute atomic E-state index is 0.00110. The highest BCUT2D eigenvalue weighted by Crippen LogP contribution is 2.24. The van der Waals surface area contributed by atoms with Gasteiger partial charge in [0.25, 0.3) is 0 Å². The zero-order valence-corrected chi connectivity index (χ0v) is 34.6. The van der Waals surface area contributed by atoms with Crippen LogP contribution >= 0.6 is 0 Å². The summed E-state index contributed by atoms with van der Waals surface area (Å²) in [4.78, 5) is 52.6. The molecule has 0 aliphatic heterocycles.